The summed E-state index contributed by atoms with van der Waals surface area (Å²) in [6, 6.07) is 11.8. The van der Waals surface area contributed by atoms with Crippen LogP contribution in [-0.2, 0) is 22.3 Å². The Balaban J connectivity index is 1.72. The van der Waals surface area contributed by atoms with E-state index < -0.39 is 10.8 Å². The molecule has 0 amide bonds. The Morgan fingerprint density at radius 3 is 2.52 bits per heavy atom. The lowest BCUT2D eigenvalue weighted by Gasteiger charge is -2.11. The zero-order chi connectivity index (χ0) is 16.2. The summed E-state index contributed by atoms with van der Waals surface area (Å²) in [5, 5.41) is 0.520. The van der Waals surface area contributed by atoms with Gasteiger partial charge in [-0.05, 0) is 30.2 Å². The first-order chi connectivity index (χ1) is 11.1. The first-order valence-electron chi connectivity index (χ1n) is 7.60. The Hall–Kier alpha value is -1.52. The van der Waals surface area contributed by atoms with Gasteiger partial charge in [-0.1, -0.05) is 41.4 Å². The highest BCUT2D eigenvalue weighted by Crippen LogP contribution is 2.38. The third-order valence-corrected chi connectivity index (χ3v) is 5.23. The molecule has 1 atom stereocenters. The molecule has 0 N–H and O–H groups in total. The average Bonchev–Trinajstić information content (AvgIpc) is 2.75. The summed E-state index contributed by atoms with van der Waals surface area (Å²) < 4.78 is 23.7. The van der Waals surface area contributed by atoms with Crippen LogP contribution in [0.1, 0.15) is 23.1 Å². The fourth-order valence-corrected chi connectivity index (χ4v) is 3.97. The van der Waals surface area contributed by atoms with Crippen molar-refractivity contribution in [2.24, 2.45) is 0 Å². The molecule has 0 bridgehead atoms. The van der Waals surface area contributed by atoms with Gasteiger partial charge in [0.05, 0.1) is 18.2 Å². The second-order valence-corrected chi connectivity index (χ2v) is 7.53. The fraction of sp³-hybridized carbons (Fsp3) is 0.333. The fourth-order valence-electron chi connectivity index (χ4n) is 2.47. The van der Waals surface area contributed by atoms with Gasteiger partial charge in [0.25, 0.3) is 0 Å². The second-order valence-electron chi connectivity index (χ2n) is 5.67. The maximum atomic E-state index is 12.4. The van der Waals surface area contributed by atoms with Crippen LogP contribution in [0.25, 0.3) is 0 Å². The highest BCUT2D eigenvalue weighted by Gasteiger charge is 2.16. The summed E-state index contributed by atoms with van der Waals surface area (Å²) in [7, 11) is -0.997. The van der Waals surface area contributed by atoms with Crippen molar-refractivity contribution in [3.8, 4) is 11.5 Å². The van der Waals surface area contributed by atoms with Crippen LogP contribution in [-0.4, -0.2) is 17.4 Å². The third kappa shape index (κ3) is 4.27. The number of benzene rings is 2. The largest absolute Gasteiger partial charge is 0.489 e. The third-order valence-electron chi connectivity index (χ3n) is 3.64. The quantitative estimate of drug-likeness (QED) is 0.826. The first kappa shape index (κ1) is 16.3. The molecule has 0 saturated carbocycles. The molecule has 2 aromatic rings. The Labute approximate surface area is 144 Å². The molecule has 0 spiro atoms. The predicted octanol–water partition coefficient (Wildman–Crippen LogP) is 4.26. The van der Waals surface area contributed by atoms with Gasteiger partial charge in [0.1, 0.15) is 0 Å². The van der Waals surface area contributed by atoms with Crippen LogP contribution in [0.4, 0.5) is 0 Å². The summed E-state index contributed by atoms with van der Waals surface area (Å²) in [6.45, 7) is 3.26. The molecular weight excluding hydrogens is 332 g/mol. The van der Waals surface area contributed by atoms with Gasteiger partial charge < -0.3 is 9.47 Å². The molecule has 5 heteroatoms. The lowest BCUT2D eigenvalue weighted by Crippen LogP contribution is -2.01. The van der Waals surface area contributed by atoms with Gasteiger partial charge in [0.15, 0.2) is 11.5 Å². The van der Waals surface area contributed by atoms with Crippen LogP contribution in [0.15, 0.2) is 36.4 Å². The number of ether oxygens (including phenoxy) is 2. The molecule has 23 heavy (non-hydrogen) atoms. The van der Waals surface area contributed by atoms with E-state index >= 15 is 0 Å². The van der Waals surface area contributed by atoms with E-state index in [1.54, 1.807) is 0 Å². The molecule has 0 radical (unpaired) electrons. The number of fused-ring (bicyclic) bond motifs is 1. The van der Waals surface area contributed by atoms with Gasteiger partial charge >= 0.3 is 0 Å². The Morgan fingerprint density at radius 1 is 1.04 bits per heavy atom. The molecular formula is C18H19ClO3S. The molecule has 0 saturated heterocycles. The van der Waals surface area contributed by atoms with Gasteiger partial charge in [-0.3, -0.25) is 4.21 Å². The molecule has 3 nitrogen and oxygen atoms in total. The summed E-state index contributed by atoms with van der Waals surface area (Å²) in [6.07, 6.45) is 0.833. The van der Waals surface area contributed by atoms with Gasteiger partial charge in [-0.2, -0.15) is 0 Å². The van der Waals surface area contributed by atoms with Crippen molar-refractivity contribution in [2.45, 2.75) is 24.9 Å². The Bertz CT molecular complexity index is 713. The molecule has 0 aromatic heterocycles. The lowest BCUT2D eigenvalue weighted by molar-refractivity contribution is 0.297. The maximum absolute atomic E-state index is 12.4. The number of hydrogen-bond donors (Lipinski definition) is 0. The van der Waals surface area contributed by atoms with Gasteiger partial charge in [-0.25, -0.2) is 0 Å². The molecule has 1 heterocycles. The summed E-state index contributed by atoms with van der Waals surface area (Å²) >= 11 is 6.28. The zero-order valence-electron chi connectivity index (χ0n) is 13.0. The minimum Gasteiger partial charge on any atom is -0.489 e. The van der Waals surface area contributed by atoms with Crippen LogP contribution in [0.5, 0.6) is 11.5 Å². The van der Waals surface area contributed by atoms with E-state index in [1.165, 1.54) is 5.56 Å². The number of aryl methyl sites for hydroxylation is 1. The van der Waals surface area contributed by atoms with E-state index in [-0.39, 0.29) is 0 Å². The summed E-state index contributed by atoms with van der Waals surface area (Å²) in [5.74, 6) is 2.23. The van der Waals surface area contributed by atoms with E-state index in [0.29, 0.717) is 41.2 Å². The van der Waals surface area contributed by atoms with Crippen LogP contribution < -0.4 is 9.47 Å². The van der Waals surface area contributed by atoms with E-state index in [1.807, 2.05) is 43.3 Å². The molecule has 0 fully saturated rings. The van der Waals surface area contributed by atoms with Crippen molar-refractivity contribution in [2.75, 3.05) is 13.2 Å². The van der Waals surface area contributed by atoms with Gasteiger partial charge in [0.2, 0.25) is 0 Å². The number of hydrogen-bond acceptors (Lipinski definition) is 3. The highest BCUT2D eigenvalue weighted by atomic mass is 35.5. The van der Waals surface area contributed by atoms with Gasteiger partial charge in [0, 0.05) is 28.7 Å². The highest BCUT2D eigenvalue weighted by molar-refractivity contribution is 7.83. The van der Waals surface area contributed by atoms with Crippen molar-refractivity contribution in [1.29, 1.82) is 0 Å². The lowest BCUT2D eigenvalue weighted by atomic mass is 10.2. The molecule has 3 rings (SSSR count). The molecule has 1 aliphatic rings. The number of rotatable bonds is 4. The van der Waals surface area contributed by atoms with E-state index in [9.17, 15) is 4.21 Å². The van der Waals surface area contributed by atoms with E-state index in [2.05, 4.69) is 0 Å². The van der Waals surface area contributed by atoms with Crippen molar-refractivity contribution < 1.29 is 13.7 Å². The molecule has 2 aromatic carbocycles. The minimum absolute atomic E-state index is 0.449. The summed E-state index contributed by atoms with van der Waals surface area (Å²) in [5.41, 5.74) is 3.19. The van der Waals surface area contributed by atoms with Crippen molar-refractivity contribution in [3.05, 3.63) is 58.1 Å². The Morgan fingerprint density at radius 2 is 1.74 bits per heavy atom. The average molecular weight is 351 g/mol. The van der Waals surface area contributed by atoms with Crippen molar-refractivity contribution in [3.63, 3.8) is 0 Å². The summed E-state index contributed by atoms with van der Waals surface area (Å²) in [4.78, 5) is 0. The molecule has 1 aliphatic heterocycles. The van der Waals surface area contributed by atoms with E-state index in [4.69, 9.17) is 21.1 Å². The van der Waals surface area contributed by atoms with Crippen molar-refractivity contribution in [1.82, 2.24) is 0 Å². The molecule has 122 valence electrons. The number of halogens is 1. The topological polar surface area (TPSA) is 35.5 Å². The second kappa shape index (κ2) is 7.37. The van der Waals surface area contributed by atoms with Crippen LogP contribution in [0.3, 0.4) is 0 Å². The normalized spacial score (nSPS) is 15.0. The van der Waals surface area contributed by atoms with E-state index in [0.717, 1.165) is 17.5 Å². The SMILES string of the molecule is Cc1ccc(CS(=O)Cc2cc(Cl)c3c(c2)OCCCO3)cc1. The van der Waals surface area contributed by atoms with Crippen LogP contribution in [0, 0.1) is 6.92 Å². The first-order valence-corrected chi connectivity index (χ1v) is 9.47. The standard InChI is InChI=1S/C18H19ClO3S/c1-13-3-5-14(6-4-13)11-23(20)12-15-9-16(19)18-17(10-15)21-7-2-8-22-18/h3-6,9-10H,2,7-8,11-12H2,1H3. The predicted molar refractivity (Wildman–Crippen MR) is 93.8 cm³/mol. The molecule has 1 unspecified atom stereocenters. The zero-order valence-corrected chi connectivity index (χ0v) is 14.6. The Kier molecular flexibility index (Phi) is 5.23. The van der Waals surface area contributed by atoms with Crippen LogP contribution in [0.2, 0.25) is 5.02 Å². The smallest absolute Gasteiger partial charge is 0.179 e. The minimum atomic E-state index is -0.997. The molecule has 0 aliphatic carbocycles. The van der Waals surface area contributed by atoms with Crippen LogP contribution >= 0.6 is 11.6 Å². The van der Waals surface area contributed by atoms with Gasteiger partial charge in [-0.15, -0.1) is 0 Å². The van der Waals surface area contributed by atoms with Crippen molar-refractivity contribution >= 4 is 22.4 Å². The monoisotopic (exact) mass is 350 g/mol. The maximum Gasteiger partial charge on any atom is 0.179 e.